The molecule has 0 aliphatic carbocycles. The highest BCUT2D eigenvalue weighted by molar-refractivity contribution is 5.71. The second-order valence-corrected chi connectivity index (χ2v) is 20.9. The molecule has 1 unspecified atom stereocenters. The molecule has 0 rings (SSSR count). The molecule has 6 nitrogen and oxygen atoms in total. The highest BCUT2D eigenvalue weighted by Crippen LogP contribution is 2.15. The summed E-state index contributed by atoms with van der Waals surface area (Å²) in [5, 5.41) is 0. The lowest BCUT2D eigenvalue weighted by Gasteiger charge is -2.18. The van der Waals surface area contributed by atoms with Gasteiger partial charge >= 0.3 is 17.9 Å². The maximum atomic E-state index is 12.9. The predicted molar refractivity (Wildman–Crippen MR) is 325 cm³/mol. The fourth-order valence-corrected chi connectivity index (χ4v) is 8.79. The summed E-state index contributed by atoms with van der Waals surface area (Å²) < 4.78 is 16.9. The SMILES string of the molecule is CC/C=C\C/C=C\C/C=C\C/C=C\C/C=C\C/C=C\CCCCCCCCC(=O)OCC(COC(=O)CCCCCCC/C=C\CCCCCCCCC)OC(=O)CCCCCCC/C=C\CCCCCCCCC. The molecule has 0 fully saturated rings. The minimum atomic E-state index is -0.793. The molecule has 0 heterocycles. The van der Waals surface area contributed by atoms with Gasteiger partial charge < -0.3 is 14.2 Å². The van der Waals surface area contributed by atoms with E-state index in [0.717, 1.165) is 128 Å². The summed E-state index contributed by atoms with van der Waals surface area (Å²) in [6, 6.07) is 0. The first-order chi connectivity index (χ1) is 37.0. The van der Waals surface area contributed by atoms with Crippen LogP contribution in [0.4, 0.5) is 0 Å². The third kappa shape index (κ3) is 61.1. The lowest BCUT2D eigenvalue weighted by molar-refractivity contribution is -0.167. The van der Waals surface area contributed by atoms with Crippen LogP contribution in [0.15, 0.2) is 97.2 Å². The number of unbranched alkanes of at least 4 members (excludes halogenated alkanes) is 30. The molecule has 1 atom stereocenters. The fourth-order valence-electron chi connectivity index (χ4n) is 8.79. The predicted octanol–water partition coefficient (Wildman–Crippen LogP) is 21.7. The first-order valence-corrected chi connectivity index (χ1v) is 31.7. The van der Waals surface area contributed by atoms with Crippen LogP contribution in [0.5, 0.6) is 0 Å². The quantitative estimate of drug-likeness (QED) is 0.0261. The Morgan fingerprint density at radius 3 is 0.827 bits per heavy atom. The minimum Gasteiger partial charge on any atom is -0.462 e. The van der Waals surface area contributed by atoms with Crippen LogP contribution in [0.3, 0.4) is 0 Å². The average molecular weight is 1040 g/mol. The Morgan fingerprint density at radius 2 is 0.520 bits per heavy atom. The van der Waals surface area contributed by atoms with Crippen molar-refractivity contribution in [3.8, 4) is 0 Å². The van der Waals surface area contributed by atoms with Gasteiger partial charge in [0.2, 0.25) is 0 Å². The Kier molecular flexibility index (Phi) is 59.8. The molecule has 0 radical (unpaired) electrons. The maximum absolute atomic E-state index is 12.9. The van der Waals surface area contributed by atoms with E-state index < -0.39 is 6.10 Å². The van der Waals surface area contributed by atoms with E-state index >= 15 is 0 Å². The van der Waals surface area contributed by atoms with E-state index in [2.05, 4.69) is 118 Å². The van der Waals surface area contributed by atoms with Crippen LogP contribution in [-0.2, 0) is 28.6 Å². The van der Waals surface area contributed by atoms with Gasteiger partial charge in [-0.2, -0.15) is 0 Å². The number of allylic oxidation sites excluding steroid dienone is 16. The molecular weight excluding hydrogens is 925 g/mol. The summed E-state index contributed by atoms with van der Waals surface area (Å²) in [6.07, 6.45) is 84.0. The van der Waals surface area contributed by atoms with Crippen molar-refractivity contribution < 1.29 is 28.6 Å². The Balaban J connectivity index is 4.40. The summed E-state index contributed by atoms with van der Waals surface area (Å²) >= 11 is 0. The molecule has 0 aliphatic rings. The van der Waals surface area contributed by atoms with Crippen LogP contribution >= 0.6 is 0 Å². The van der Waals surface area contributed by atoms with Gasteiger partial charge in [0.25, 0.3) is 0 Å². The smallest absolute Gasteiger partial charge is 0.306 e. The molecule has 75 heavy (non-hydrogen) atoms. The Bertz CT molecular complexity index is 1480. The van der Waals surface area contributed by atoms with Gasteiger partial charge in [0.05, 0.1) is 0 Å². The van der Waals surface area contributed by atoms with Crippen LogP contribution in [0.2, 0.25) is 0 Å². The number of carbonyl (C=O) groups excluding carboxylic acids is 3. The Labute approximate surface area is 464 Å². The molecular formula is C69H118O6. The summed E-state index contributed by atoms with van der Waals surface area (Å²) in [4.78, 5) is 38.3. The van der Waals surface area contributed by atoms with Crippen LogP contribution < -0.4 is 0 Å². The van der Waals surface area contributed by atoms with E-state index in [-0.39, 0.29) is 31.1 Å². The zero-order valence-corrected chi connectivity index (χ0v) is 49.3. The molecule has 0 saturated carbocycles. The van der Waals surface area contributed by atoms with Gasteiger partial charge in [-0.25, -0.2) is 0 Å². The molecule has 0 aromatic carbocycles. The largest absolute Gasteiger partial charge is 0.462 e. The van der Waals surface area contributed by atoms with Gasteiger partial charge in [-0.3, -0.25) is 14.4 Å². The van der Waals surface area contributed by atoms with Crippen LogP contribution in [-0.4, -0.2) is 37.2 Å². The summed E-state index contributed by atoms with van der Waals surface area (Å²) in [5.74, 6) is -0.911. The van der Waals surface area contributed by atoms with Crippen molar-refractivity contribution in [2.24, 2.45) is 0 Å². The van der Waals surface area contributed by atoms with Gasteiger partial charge in [0.1, 0.15) is 13.2 Å². The second kappa shape index (κ2) is 62.9. The van der Waals surface area contributed by atoms with Crippen LogP contribution in [0.1, 0.15) is 303 Å². The van der Waals surface area contributed by atoms with E-state index in [9.17, 15) is 14.4 Å². The Morgan fingerprint density at radius 1 is 0.280 bits per heavy atom. The van der Waals surface area contributed by atoms with E-state index in [1.54, 1.807) is 0 Å². The lowest BCUT2D eigenvalue weighted by Crippen LogP contribution is -2.30. The summed E-state index contributed by atoms with van der Waals surface area (Å²) in [5.41, 5.74) is 0. The molecule has 0 aromatic rings. The normalized spacial score (nSPS) is 12.7. The van der Waals surface area contributed by atoms with Crippen LogP contribution in [0, 0.1) is 0 Å². The van der Waals surface area contributed by atoms with Crippen LogP contribution in [0.25, 0.3) is 0 Å². The van der Waals surface area contributed by atoms with Crippen molar-refractivity contribution in [2.45, 2.75) is 309 Å². The van der Waals surface area contributed by atoms with Crippen molar-refractivity contribution in [1.29, 1.82) is 0 Å². The van der Waals surface area contributed by atoms with Crippen molar-refractivity contribution in [3.63, 3.8) is 0 Å². The zero-order valence-electron chi connectivity index (χ0n) is 49.3. The third-order valence-electron chi connectivity index (χ3n) is 13.5. The second-order valence-electron chi connectivity index (χ2n) is 20.9. The fraction of sp³-hybridized carbons (Fsp3) is 0.725. The minimum absolute atomic E-state index is 0.0892. The Hall–Kier alpha value is -3.67. The molecule has 0 bridgehead atoms. The maximum Gasteiger partial charge on any atom is 0.306 e. The van der Waals surface area contributed by atoms with E-state index in [0.29, 0.717) is 19.3 Å². The summed E-state index contributed by atoms with van der Waals surface area (Å²) in [7, 11) is 0. The molecule has 0 saturated heterocycles. The molecule has 0 amide bonds. The van der Waals surface area contributed by atoms with Crippen molar-refractivity contribution >= 4 is 17.9 Å². The first-order valence-electron chi connectivity index (χ1n) is 31.7. The average Bonchev–Trinajstić information content (AvgIpc) is 3.41. The monoisotopic (exact) mass is 1040 g/mol. The highest BCUT2D eigenvalue weighted by atomic mass is 16.6. The van der Waals surface area contributed by atoms with E-state index in [4.69, 9.17) is 14.2 Å². The van der Waals surface area contributed by atoms with Crippen molar-refractivity contribution in [2.75, 3.05) is 13.2 Å². The lowest BCUT2D eigenvalue weighted by atomic mass is 10.1. The molecule has 6 heteroatoms. The highest BCUT2D eigenvalue weighted by Gasteiger charge is 2.19. The van der Waals surface area contributed by atoms with Gasteiger partial charge in [0.15, 0.2) is 6.10 Å². The summed E-state index contributed by atoms with van der Waals surface area (Å²) in [6.45, 7) is 6.52. The number of hydrogen-bond donors (Lipinski definition) is 0. The molecule has 0 spiro atoms. The van der Waals surface area contributed by atoms with Gasteiger partial charge in [0, 0.05) is 19.3 Å². The molecule has 0 aromatic heterocycles. The van der Waals surface area contributed by atoms with Gasteiger partial charge in [-0.05, 0) is 122 Å². The van der Waals surface area contributed by atoms with Gasteiger partial charge in [-0.15, -0.1) is 0 Å². The third-order valence-corrected chi connectivity index (χ3v) is 13.5. The standard InChI is InChI=1S/C69H118O6/c1-4-7-10-13-16-19-22-25-28-31-32-33-34-35-36-37-38-39-42-44-47-50-53-56-59-62-68(71)74-65-66(75-69(72)63-60-57-54-51-48-45-41-30-27-24-21-18-15-12-9-6-3)64-73-67(70)61-58-55-52-49-46-43-40-29-26-23-20-17-14-11-8-5-2/h7,10,16,19,25,28-30,32-33,35-36,38-41,66H,4-6,8-9,11-15,17-18,20-24,26-27,31,34,37,42-65H2,1-3H3/b10-7-,19-16-,28-25-,33-32-,36-35-,39-38-,40-29-,41-30-. The first kappa shape index (κ1) is 71.3. The topological polar surface area (TPSA) is 78.9 Å². The number of rotatable bonds is 57. The number of hydrogen-bond acceptors (Lipinski definition) is 6. The number of esters is 3. The zero-order chi connectivity index (χ0) is 54.3. The number of carbonyl (C=O) groups is 3. The van der Waals surface area contributed by atoms with Crippen molar-refractivity contribution in [1.82, 2.24) is 0 Å². The molecule has 0 aliphatic heterocycles. The van der Waals surface area contributed by atoms with Gasteiger partial charge in [-0.1, -0.05) is 259 Å². The van der Waals surface area contributed by atoms with E-state index in [1.165, 1.54) is 135 Å². The molecule has 430 valence electrons. The molecule has 0 N–H and O–H groups in total. The van der Waals surface area contributed by atoms with Crippen molar-refractivity contribution in [3.05, 3.63) is 97.2 Å². The van der Waals surface area contributed by atoms with E-state index in [1.807, 2.05) is 0 Å². The number of ether oxygens (including phenoxy) is 3.